The lowest BCUT2D eigenvalue weighted by atomic mass is 10.2. The number of nitrogens with zero attached hydrogens (tertiary/aromatic N) is 4. The highest BCUT2D eigenvalue weighted by atomic mass is 16.5. The van der Waals surface area contributed by atoms with E-state index < -0.39 is 0 Å². The number of rotatable bonds is 3. The van der Waals surface area contributed by atoms with Crippen LogP contribution in [0.3, 0.4) is 0 Å². The zero-order chi connectivity index (χ0) is 11.5. The summed E-state index contributed by atoms with van der Waals surface area (Å²) >= 11 is 0. The van der Waals surface area contributed by atoms with Crippen molar-refractivity contribution in [1.29, 1.82) is 0 Å². The third-order valence-electron chi connectivity index (χ3n) is 2.09. The summed E-state index contributed by atoms with van der Waals surface area (Å²) in [5.74, 6) is 1.78. The summed E-state index contributed by atoms with van der Waals surface area (Å²) in [7, 11) is 6.68. The smallest absolute Gasteiger partial charge is 0.202 e. The van der Waals surface area contributed by atoms with Crippen molar-refractivity contribution >= 4 is 0 Å². The van der Waals surface area contributed by atoms with E-state index in [1.54, 1.807) is 26.4 Å². The summed E-state index contributed by atoms with van der Waals surface area (Å²) in [5.41, 5.74) is 0.799. The predicted molar refractivity (Wildman–Crippen MR) is 57.1 cm³/mol. The van der Waals surface area contributed by atoms with Gasteiger partial charge in [0.2, 0.25) is 5.82 Å². The van der Waals surface area contributed by atoms with Crippen LogP contribution in [0.5, 0.6) is 11.5 Å². The van der Waals surface area contributed by atoms with Gasteiger partial charge < -0.3 is 14.3 Å². The first kappa shape index (κ1) is 10.3. The number of aromatic nitrogens is 4. The van der Waals surface area contributed by atoms with E-state index in [0.717, 1.165) is 10.4 Å². The minimum absolute atomic E-state index is 0.496. The molecule has 16 heavy (non-hydrogen) atoms. The Labute approximate surface area is 92.8 Å². The average Bonchev–Trinajstić information content (AvgIpc) is 2.75. The molecule has 0 radical (unpaired) electrons. The molecule has 84 valence electrons. The number of hydrogen-bond acceptors (Lipinski definition) is 5. The summed E-state index contributed by atoms with van der Waals surface area (Å²) in [5, 5.41) is 11.5. The van der Waals surface area contributed by atoms with Gasteiger partial charge in [0.1, 0.15) is 0 Å². The minimum Gasteiger partial charge on any atom is -0.493 e. The molecule has 0 aliphatic carbocycles. The van der Waals surface area contributed by atoms with Crippen LogP contribution in [-0.4, -0.2) is 34.4 Å². The van der Waals surface area contributed by atoms with Gasteiger partial charge in [-0.15, -0.1) is 5.10 Å². The van der Waals surface area contributed by atoms with E-state index in [2.05, 4.69) is 22.5 Å². The zero-order valence-corrected chi connectivity index (χ0v) is 9.04. The molecule has 0 aliphatic rings. The van der Waals surface area contributed by atoms with Crippen molar-refractivity contribution in [3.05, 3.63) is 25.2 Å². The van der Waals surface area contributed by atoms with E-state index in [-0.39, 0.29) is 0 Å². The lowest BCUT2D eigenvalue weighted by Gasteiger charge is -2.07. The van der Waals surface area contributed by atoms with E-state index >= 15 is 0 Å². The molecule has 6 heteroatoms. The van der Waals surface area contributed by atoms with Crippen LogP contribution < -0.4 is 9.47 Å². The summed E-state index contributed by atoms with van der Waals surface area (Å²) < 4.78 is 10.3. The van der Waals surface area contributed by atoms with Crippen LogP contribution >= 0.6 is 0 Å². The van der Waals surface area contributed by atoms with Crippen LogP contribution in [0.4, 0.5) is 0 Å². The maximum Gasteiger partial charge on any atom is 0.202 e. The van der Waals surface area contributed by atoms with E-state index in [0.29, 0.717) is 17.3 Å². The molecule has 2 aromatic rings. The molecule has 1 aromatic carbocycles. The number of methoxy groups -OCH3 is 2. The van der Waals surface area contributed by atoms with Gasteiger partial charge in [0.05, 0.1) is 14.2 Å². The van der Waals surface area contributed by atoms with E-state index in [4.69, 9.17) is 9.47 Å². The van der Waals surface area contributed by atoms with Crippen molar-refractivity contribution in [3.63, 3.8) is 0 Å². The van der Waals surface area contributed by atoms with Crippen molar-refractivity contribution in [2.45, 2.75) is 0 Å². The van der Waals surface area contributed by atoms with Gasteiger partial charge in [-0.25, -0.2) is 0 Å². The molecule has 0 amide bonds. The second kappa shape index (κ2) is 4.09. The van der Waals surface area contributed by atoms with Gasteiger partial charge in [-0.05, 0) is 18.2 Å². The lowest BCUT2D eigenvalue weighted by Crippen LogP contribution is -1.92. The van der Waals surface area contributed by atoms with Crippen LogP contribution in [0.15, 0.2) is 18.2 Å². The molecule has 0 bridgehead atoms. The Bertz CT molecular complexity index is 495. The molecule has 0 saturated carbocycles. The normalized spacial score (nSPS) is 10.1. The van der Waals surface area contributed by atoms with Gasteiger partial charge in [-0.3, -0.25) is 7.05 Å². The quantitative estimate of drug-likeness (QED) is 0.720. The van der Waals surface area contributed by atoms with Gasteiger partial charge in [0.25, 0.3) is 0 Å². The fraction of sp³-hybridized carbons (Fsp3) is 0.200. The largest absolute Gasteiger partial charge is 0.493 e. The first-order valence-corrected chi connectivity index (χ1v) is 4.58. The Hall–Kier alpha value is -2.24. The third kappa shape index (κ3) is 1.77. The number of hydrogen-bond donors (Lipinski definition) is 0. The van der Waals surface area contributed by atoms with Crippen molar-refractivity contribution in [1.82, 2.24) is 20.2 Å². The van der Waals surface area contributed by atoms with Crippen molar-refractivity contribution in [2.75, 3.05) is 14.2 Å². The van der Waals surface area contributed by atoms with Crippen molar-refractivity contribution in [3.8, 4) is 22.9 Å². The minimum atomic E-state index is 0.496. The summed E-state index contributed by atoms with van der Waals surface area (Å²) in [6, 6.07) is 5.41. The number of ether oxygens (including phenoxy) is 2. The standard InChI is InChI=1S/C10H11N4O2/c1-14-12-10(11-13-14)7-4-5-8(15-2)9(6-7)16-3/h4-6H,1H2,2-3H3/q-1. The average molecular weight is 219 g/mol. The predicted octanol–water partition coefficient (Wildman–Crippen LogP) is 0.997. The molecule has 1 heterocycles. The molecular weight excluding hydrogens is 208 g/mol. The van der Waals surface area contributed by atoms with Gasteiger partial charge in [-0.2, -0.15) is 5.10 Å². The molecule has 6 nitrogen and oxygen atoms in total. The molecule has 2 rings (SSSR count). The van der Waals surface area contributed by atoms with Crippen molar-refractivity contribution in [2.24, 2.45) is 0 Å². The first-order chi connectivity index (χ1) is 7.74. The Morgan fingerprint density at radius 3 is 2.50 bits per heavy atom. The fourth-order valence-corrected chi connectivity index (χ4v) is 1.33. The summed E-state index contributed by atoms with van der Waals surface area (Å²) in [6.45, 7) is 0. The highest BCUT2D eigenvalue weighted by Crippen LogP contribution is 2.30. The van der Waals surface area contributed by atoms with Gasteiger partial charge in [0.15, 0.2) is 11.5 Å². The maximum atomic E-state index is 5.18. The monoisotopic (exact) mass is 219 g/mol. The van der Waals surface area contributed by atoms with Crippen LogP contribution in [0.25, 0.3) is 11.4 Å². The van der Waals surface area contributed by atoms with Crippen LogP contribution in [0.1, 0.15) is 0 Å². The highest BCUT2D eigenvalue weighted by Gasteiger charge is 2.08. The van der Waals surface area contributed by atoms with Gasteiger partial charge >= 0.3 is 0 Å². The Morgan fingerprint density at radius 1 is 1.19 bits per heavy atom. The molecular formula is C10H11N4O2-. The topological polar surface area (TPSA) is 62.1 Å². The zero-order valence-electron chi connectivity index (χ0n) is 9.04. The second-order valence-electron chi connectivity index (χ2n) is 3.06. The second-order valence-corrected chi connectivity index (χ2v) is 3.06. The van der Waals surface area contributed by atoms with Crippen LogP contribution in [0.2, 0.25) is 0 Å². The Morgan fingerprint density at radius 2 is 1.94 bits per heavy atom. The SMILES string of the molecule is [CH2-]n1nnc(-c2ccc(OC)c(OC)c2)n1. The van der Waals surface area contributed by atoms with E-state index in [1.807, 2.05) is 6.07 Å². The molecule has 0 aliphatic heterocycles. The van der Waals surface area contributed by atoms with E-state index in [9.17, 15) is 0 Å². The van der Waals surface area contributed by atoms with Crippen LogP contribution in [-0.2, 0) is 0 Å². The maximum absolute atomic E-state index is 5.18. The summed E-state index contributed by atoms with van der Waals surface area (Å²) in [4.78, 5) is 1.16. The molecule has 0 spiro atoms. The van der Waals surface area contributed by atoms with Crippen molar-refractivity contribution < 1.29 is 9.47 Å². The Kier molecular flexibility index (Phi) is 2.63. The molecule has 0 fully saturated rings. The van der Waals surface area contributed by atoms with E-state index in [1.165, 1.54) is 0 Å². The molecule has 0 atom stereocenters. The Balaban J connectivity index is 2.43. The molecule has 0 unspecified atom stereocenters. The lowest BCUT2D eigenvalue weighted by molar-refractivity contribution is 0.355. The highest BCUT2D eigenvalue weighted by molar-refractivity contribution is 5.60. The number of tetrazole rings is 1. The number of benzene rings is 1. The molecule has 0 saturated heterocycles. The molecule has 1 aromatic heterocycles. The fourth-order valence-electron chi connectivity index (χ4n) is 1.33. The summed E-state index contributed by atoms with van der Waals surface area (Å²) in [6.07, 6.45) is 0. The molecule has 0 N–H and O–H groups in total. The van der Waals surface area contributed by atoms with Gasteiger partial charge in [0, 0.05) is 5.56 Å². The van der Waals surface area contributed by atoms with Gasteiger partial charge in [-0.1, -0.05) is 5.21 Å². The van der Waals surface area contributed by atoms with Crippen LogP contribution in [0, 0.1) is 7.05 Å². The third-order valence-corrected chi connectivity index (χ3v) is 2.09. The first-order valence-electron chi connectivity index (χ1n) is 4.58.